The molecule has 204 valence electrons. The lowest BCUT2D eigenvalue weighted by molar-refractivity contribution is 1.09. The Morgan fingerprint density at radius 1 is 0.386 bits per heavy atom. The number of hydrogen-bond donors (Lipinski definition) is 0. The monoisotopic (exact) mass is 576 g/mol. The van der Waals surface area contributed by atoms with E-state index in [1.54, 1.807) is 0 Å². The summed E-state index contributed by atoms with van der Waals surface area (Å²) in [5, 5.41) is 12.8. The van der Waals surface area contributed by atoms with Gasteiger partial charge in [0.15, 0.2) is 0 Å². The summed E-state index contributed by atoms with van der Waals surface area (Å²) in [5.41, 5.74) is 4.82. The van der Waals surface area contributed by atoms with Gasteiger partial charge in [0.05, 0.1) is 15.7 Å². The van der Waals surface area contributed by atoms with Gasteiger partial charge in [-0.2, -0.15) is 0 Å². The second kappa shape index (κ2) is 9.00. The largest absolute Gasteiger partial charge is 0.294 e. The quantitative estimate of drug-likeness (QED) is 0.187. The SMILES string of the molecule is c1ccc2c(c1)c1ccccc1c1cc(-c3ccc4sc5cnc(-n6c7ccccc7c7ccccc76)cc5c4c3)ccc21. The maximum absolute atomic E-state index is 4.99. The van der Waals surface area contributed by atoms with Crippen LogP contribution in [-0.2, 0) is 0 Å². The molecule has 0 saturated carbocycles. The molecule has 0 saturated heterocycles. The molecular formula is C41H24N2S. The first-order chi connectivity index (χ1) is 21.8. The average molecular weight is 577 g/mol. The lowest BCUT2D eigenvalue weighted by Crippen LogP contribution is -1.96. The first-order valence-corrected chi connectivity index (χ1v) is 15.8. The predicted molar refractivity (Wildman–Crippen MR) is 189 cm³/mol. The fourth-order valence-corrected chi connectivity index (χ4v) is 8.27. The fraction of sp³-hybridized carbons (Fsp3) is 0. The molecule has 0 aliphatic carbocycles. The van der Waals surface area contributed by atoms with Gasteiger partial charge in [0, 0.05) is 32.4 Å². The highest BCUT2D eigenvalue weighted by atomic mass is 32.1. The molecule has 10 aromatic rings. The van der Waals surface area contributed by atoms with Crippen LogP contribution in [0.1, 0.15) is 0 Å². The molecule has 0 fully saturated rings. The first kappa shape index (κ1) is 24.0. The van der Waals surface area contributed by atoms with Gasteiger partial charge in [-0.05, 0) is 79.8 Å². The molecule has 0 unspecified atom stereocenters. The van der Waals surface area contributed by atoms with Crippen molar-refractivity contribution in [3.63, 3.8) is 0 Å². The number of para-hydroxylation sites is 2. The number of thiophene rings is 1. The Kier molecular flexibility index (Phi) is 4.90. The summed E-state index contributed by atoms with van der Waals surface area (Å²) in [7, 11) is 0. The molecule has 0 aliphatic heterocycles. The number of nitrogens with zero attached hydrogens (tertiary/aromatic N) is 2. The van der Waals surface area contributed by atoms with Gasteiger partial charge in [-0.1, -0.05) is 103 Å². The lowest BCUT2D eigenvalue weighted by atomic mass is 9.92. The summed E-state index contributed by atoms with van der Waals surface area (Å²) >= 11 is 1.81. The minimum absolute atomic E-state index is 0.948. The van der Waals surface area contributed by atoms with Crippen molar-refractivity contribution in [2.45, 2.75) is 0 Å². The van der Waals surface area contributed by atoms with Gasteiger partial charge in [-0.3, -0.25) is 4.57 Å². The number of aromatic nitrogens is 2. The van der Waals surface area contributed by atoms with E-state index in [0.717, 1.165) is 5.82 Å². The van der Waals surface area contributed by atoms with Crippen LogP contribution in [0.3, 0.4) is 0 Å². The summed E-state index contributed by atoms with van der Waals surface area (Å²) in [4.78, 5) is 4.99. The van der Waals surface area contributed by atoms with Crippen molar-refractivity contribution >= 4 is 85.6 Å². The predicted octanol–water partition coefficient (Wildman–Crippen LogP) is 11.7. The second-order valence-corrected chi connectivity index (χ2v) is 12.7. The Balaban J connectivity index is 1.19. The zero-order valence-corrected chi connectivity index (χ0v) is 24.5. The molecule has 3 aromatic heterocycles. The van der Waals surface area contributed by atoms with Crippen molar-refractivity contribution in [3.8, 4) is 16.9 Å². The maximum Gasteiger partial charge on any atom is 0.138 e. The van der Waals surface area contributed by atoms with Crippen LogP contribution in [0, 0.1) is 0 Å². The van der Waals surface area contributed by atoms with Crippen LogP contribution in [0.15, 0.2) is 146 Å². The molecule has 0 bridgehead atoms. The van der Waals surface area contributed by atoms with Crippen molar-refractivity contribution < 1.29 is 0 Å². The van der Waals surface area contributed by atoms with E-state index >= 15 is 0 Å². The molecule has 0 radical (unpaired) electrons. The number of hydrogen-bond acceptors (Lipinski definition) is 2. The third-order valence-electron chi connectivity index (χ3n) is 9.23. The Morgan fingerprint density at radius 3 is 1.50 bits per heavy atom. The summed E-state index contributed by atoms with van der Waals surface area (Å²) in [5.74, 6) is 0.948. The van der Waals surface area contributed by atoms with Crippen molar-refractivity contribution in [3.05, 3.63) is 146 Å². The smallest absolute Gasteiger partial charge is 0.138 e. The Hall–Kier alpha value is -5.51. The number of fused-ring (bicyclic) bond motifs is 12. The lowest BCUT2D eigenvalue weighted by Gasteiger charge is -2.12. The van der Waals surface area contributed by atoms with Crippen molar-refractivity contribution in [2.75, 3.05) is 0 Å². The summed E-state index contributed by atoms with van der Waals surface area (Å²) in [6.45, 7) is 0. The molecule has 3 heteroatoms. The van der Waals surface area contributed by atoms with E-state index in [1.165, 1.54) is 85.4 Å². The summed E-state index contributed by atoms with van der Waals surface area (Å²) in [6.07, 6.45) is 2.05. The Morgan fingerprint density at radius 2 is 0.864 bits per heavy atom. The second-order valence-electron chi connectivity index (χ2n) is 11.6. The molecule has 0 aliphatic rings. The highest BCUT2D eigenvalue weighted by Gasteiger charge is 2.15. The minimum atomic E-state index is 0.948. The van der Waals surface area contributed by atoms with E-state index in [-0.39, 0.29) is 0 Å². The Bertz CT molecular complexity index is 2690. The van der Waals surface area contributed by atoms with Crippen molar-refractivity contribution in [1.82, 2.24) is 9.55 Å². The summed E-state index contributed by atoms with van der Waals surface area (Å²) in [6, 6.07) is 50.9. The van der Waals surface area contributed by atoms with E-state index in [2.05, 4.69) is 144 Å². The van der Waals surface area contributed by atoms with Gasteiger partial charge in [0.2, 0.25) is 0 Å². The van der Waals surface area contributed by atoms with E-state index in [9.17, 15) is 0 Å². The molecule has 0 N–H and O–H groups in total. The van der Waals surface area contributed by atoms with E-state index in [0.29, 0.717) is 0 Å². The topological polar surface area (TPSA) is 17.8 Å². The van der Waals surface area contributed by atoms with Gasteiger partial charge < -0.3 is 0 Å². The molecule has 0 amide bonds. The normalized spacial score (nSPS) is 12.1. The van der Waals surface area contributed by atoms with Gasteiger partial charge in [-0.15, -0.1) is 11.3 Å². The molecule has 0 spiro atoms. The minimum Gasteiger partial charge on any atom is -0.294 e. The van der Waals surface area contributed by atoms with E-state index in [4.69, 9.17) is 4.98 Å². The third kappa shape index (κ3) is 3.33. The third-order valence-corrected chi connectivity index (χ3v) is 10.4. The molecule has 3 heterocycles. The molecule has 2 nitrogen and oxygen atoms in total. The standard InChI is InChI=1S/C41H24N2S/c1-2-11-29-27(9-1)28-10-3-4-12-30(28)34-21-25(17-19-31(29)34)26-18-20-39-35(22-26)36-23-41(42-24-40(36)44-39)43-37-15-7-5-13-32(37)33-14-6-8-16-38(33)43/h1-24H. The highest BCUT2D eigenvalue weighted by molar-refractivity contribution is 7.25. The van der Waals surface area contributed by atoms with Crippen LogP contribution in [0.2, 0.25) is 0 Å². The molecule has 44 heavy (non-hydrogen) atoms. The van der Waals surface area contributed by atoms with E-state index < -0.39 is 0 Å². The zero-order chi connectivity index (χ0) is 28.8. The van der Waals surface area contributed by atoms with Crippen molar-refractivity contribution in [2.24, 2.45) is 0 Å². The average Bonchev–Trinajstić information content (AvgIpc) is 3.63. The first-order valence-electron chi connectivity index (χ1n) is 15.0. The summed E-state index contributed by atoms with van der Waals surface area (Å²) < 4.78 is 4.79. The van der Waals surface area contributed by atoms with Gasteiger partial charge in [0.25, 0.3) is 0 Å². The Labute approximate surface area is 257 Å². The van der Waals surface area contributed by atoms with Crippen LogP contribution in [-0.4, -0.2) is 9.55 Å². The molecule has 0 atom stereocenters. The van der Waals surface area contributed by atoms with Crippen LogP contribution in [0.4, 0.5) is 0 Å². The van der Waals surface area contributed by atoms with Crippen LogP contribution < -0.4 is 0 Å². The van der Waals surface area contributed by atoms with Gasteiger partial charge >= 0.3 is 0 Å². The van der Waals surface area contributed by atoms with Crippen LogP contribution in [0.5, 0.6) is 0 Å². The van der Waals surface area contributed by atoms with E-state index in [1.807, 2.05) is 17.5 Å². The fourth-order valence-electron chi connectivity index (χ4n) is 7.23. The van der Waals surface area contributed by atoms with Crippen LogP contribution in [0.25, 0.3) is 91.2 Å². The molecule has 7 aromatic carbocycles. The van der Waals surface area contributed by atoms with Crippen LogP contribution >= 0.6 is 11.3 Å². The van der Waals surface area contributed by atoms with Crippen molar-refractivity contribution in [1.29, 1.82) is 0 Å². The van der Waals surface area contributed by atoms with Gasteiger partial charge in [-0.25, -0.2) is 4.98 Å². The number of benzene rings is 7. The molecular weight excluding hydrogens is 553 g/mol. The molecule has 10 rings (SSSR count). The number of rotatable bonds is 2. The van der Waals surface area contributed by atoms with Gasteiger partial charge in [0.1, 0.15) is 5.82 Å². The number of pyridine rings is 1. The highest BCUT2D eigenvalue weighted by Crippen LogP contribution is 2.40. The maximum atomic E-state index is 4.99. The zero-order valence-electron chi connectivity index (χ0n) is 23.7.